The largest absolute Gasteiger partial charge is 0.493 e. The molecule has 0 saturated carbocycles. The van der Waals surface area contributed by atoms with E-state index in [1.54, 1.807) is 37.3 Å². The topological polar surface area (TPSA) is 105 Å². The fourth-order valence-corrected chi connectivity index (χ4v) is 7.03. The van der Waals surface area contributed by atoms with Gasteiger partial charge >= 0.3 is 0 Å². The van der Waals surface area contributed by atoms with E-state index < -0.39 is 28.5 Å². The summed E-state index contributed by atoms with van der Waals surface area (Å²) in [6, 6.07) is 25.1. The molecule has 9 nitrogen and oxygen atoms in total. The lowest BCUT2D eigenvalue weighted by Gasteiger charge is -2.34. The highest BCUT2D eigenvalue weighted by Gasteiger charge is 2.35. The van der Waals surface area contributed by atoms with Gasteiger partial charge in [0.15, 0.2) is 11.5 Å². The summed E-state index contributed by atoms with van der Waals surface area (Å²) in [5.74, 6) is -0.339. The average molecular weight is 678 g/mol. The molecule has 1 atom stereocenters. The Bertz CT molecular complexity index is 1800. The van der Waals surface area contributed by atoms with Gasteiger partial charge in [-0.15, -0.1) is 0 Å². The Kier molecular flexibility index (Phi) is 11.9. The van der Waals surface area contributed by atoms with Crippen molar-refractivity contribution in [1.29, 1.82) is 0 Å². The first-order chi connectivity index (χ1) is 22.5. The third-order valence-corrected chi connectivity index (χ3v) is 9.59. The van der Waals surface area contributed by atoms with Crippen molar-refractivity contribution in [1.82, 2.24) is 10.2 Å². The monoisotopic (exact) mass is 677 g/mol. The lowest BCUT2D eigenvalue weighted by Crippen LogP contribution is -2.53. The molecule has 0 aliphatic rings. The van der Waals surface area contributed by atoms with Crippen LogP contribution in [0.1, 0.15) is 29.2 Å². The van der Waals surface area contributed by atoms with E-state index in [0.717, 1.165) is 21.0 Å². The van der Waals surface area contributed by atoms with E-state index in [-0.39, 0.29) is 29.5 Å². The fraction of sp³-hybridized carbons (Fsp3) is 0.278. The van der Waals surface area contributed by atoms with Gasteiger partial charge in [-0.25, -0.2) is 8.42 Å². The van der Waals surface area contributed by atoms with Crippen LogP contribution in [0.15, 0.2) is 95.9 Å². The molecule has 4 aromatic rings. The summed E-state index contributed by atoms with van der Waals surface area (Å²) < 4.78 is 40.7. The zero-order chi connectivity index (χ0) is 34.1. The number of ether oxygens (including phenoxy) is 2. The maximum Gasteiger partial charge on any atom is 0.264 e. The minimum Gasteiger partial charge on any atom is -0.493 e. The van der Waals surface area contributed by atoms with Gasteiger partial charge < -0.3 is 19.7 Å². The highest BCUT2D eigenvalue weighted by molar-refractivity contribution is 7.92. The minimum atomic E-state index is -4.34. The molecule has 1 N–H and O–H groups in total. The van der Waals surface area contributed by atoms with Crippen molar-refractivity contribution < 1.29 is 27.5 Å². The van der Waals surface area contributed by atoms with Crippen LogP contribution in [0.3, 0.4) is 0 Å². The molecule has 0 radical (unpaired) electrons. The molecular formula is C36H40ClN3O6S. The van der Waals surface area contributed by atoms with Crippen LogP contribution in [-0.4, -0.2) is 58.5 Å². The summed E-state index contributed by atoms with van der Waals surface area (Å²) in [5.41, 5.74) is 3.48. The molecule has 0 aliphatic heterocycles. The molecule has 0 spiro atoms. The van der Waals surface area contributed by atoms with E-state index in [4.69, 9.17) is 21.1 Å². The van der Waals surface area contributed by atoms with E-state index >= 15 is 0 Å². The third kappa shape index (κ3) is 8.84. The highest BCUT2D eigenvalue weighted by Crippen LogP contribution is 2.33. The van der Waals surface area contributed by atoms with Gasteiger partial charge in [-0.2, -0.15) is 0 Å². The molecule has 0 saturated heterocycles. The maximum absolute atomic E-state index is 14.6. The molecule has 11 heteroatoms. The first-order valence-electron chi connectivity index (χ1n) is 15.2. The molecule has 4 aromatic carbocycles. The second kappa shape index (κ2) is 15.8. The smallest absolute Gasteiger partial charge is 0.264 e. The van der Waals surface area contributed by atoms with Crippen molar-refractivity contribution in [3.63, 3.8) is 0 Å². The molecule has 0 aromatic heterocycles. The van der Waals surface area contributed by atoms with Gasteiger partial charge in [0.25, 0.3) is 10.0 Å². The van der Waals surface area contributed by atoms with Crippen LogP contribution in [0, 0.1) is 13.8 Å². The number of benzene rings is 4. The number of rotatable bonds is 14. The molecule has 248 valence electrons. The van der Waals surface area contributed by atoms with Crippen LogP contribution in [0.5, 0.6) is 11.5 Å². The number of methoxy groups -OCH3 is 2. The van der Waals surface area contributed by atoms with Gasteiger partial charge in [0.2, 0.25) is 11.8 Å². The van der Waals surface area contributed by atoms with Crippen LogP contribution in [0.2, 0.25) is 5.02 Å². The predicted molar refractivity (Wildman–Crippen MR) is 185 cm³/mol. The third-order valence-electron chi connectivity index (χ3n) is 7.58. The van der Waals surface area contributed by atoms with Crippen LogP contribution in [-0.2, 0) is 32.6 Å². The quantitative estimate of drug-likeness (QED) is 0.177. The molecule has 0 aliphatic carbocycles. The summed E-state index contributed by atoms with van der Waals surface area (Å²) in [4.78, 5) is 29.6. The number of anilines is 1. The Hall–Kier alpha value is -4.54. The number of amides is 2. The van der Waals surface area contributed by atoms with Gasteiger partial charge in [0, 0.05) is 30.6 Å². The Labute approximate surface area is 282 Å². The van der Waals surface area contributed by atoms with Crippen LogP contribution in [0.4, 0.5) is 5.69 Å². The first kappa shape index (κ1) is 35.3. The normalized spacial score (nSPS) is 11.8. The van der Waals surface area contributed by atoms with Gasteiger partial charge in [-0.1, -0.05) is 60.1 Å². The average Bonchev–Trinajstić information content (AvgIpc) is 3.04. The number of hydrogen-bond donors (Lipinski definition) is 1. The number of hydrogen-bond acceptors (Lipinski definition) is 6. The van der Waals surface area contributed by atoms with E-state index in [2.05, 4.69) is 5.32 Å². The number of nitrogens with zero attached hydrogens (tertiary/aromatic N) is 2. The number of aryl methyl sites for hydroxylation is 2. The number of halogens is 1. The molecule has 0 fully saturated rings. The van der Waals surface area contributed by atoms with Crippen molar-refractivity contribution in [3.8, 4) is 11.5 Å². The molecule has 47 heavy (non-hydrogen) atoms. The van der Waals surface area contributed by atoms with Gasteiger partial charge in [-0.05, 0) is 79.4 Å². The zero-order valence-electron chi connectivity index (χ0n) is 27.2. The van der Waals surface area contributed by atoms with E-state index in [1.807, 2.05) is 56.3 Å². The fourth-order valence-electron chi connectivity index (χ4n) is 5.41. The predicted octanol–water partition coefficient (Wildman–Crippen LogP) is 5.95. The molecule has 0 bridgehead atoms. The molecule has 2 amide bonds. The van der Waals surface area contributed by atoms with Gasteiger partial charge in [0.1, 0.15) is 12.6 Å². The Morgan fingerprint density at radius 2 is 1.49 bits per heavy atom. The minimum absolute atomic E-state index is 0.0190. The second-order valence-electron chi connectivity index (χ2n) is 11.1. The highest BCUT2D eigenvalue weighted by atomic mass is 35.5. The summed E-state index contributed by atoms with van der Waals surface area (Å²) in [7, 11) is -1.46. The SMILES string of the molecule is CCNC(=O)C(Cc1ccccc1)N(Cc1cccc(Cl)c1)C(=O)CN(c1cc(C)cc(C)c1)S(=O)(=O)c1ccc(OC)c(OC)c1. The molecule has 1 unspecified atom stereocenters. The Morgan fingerprint density at radius 3 is 2.11 bits per heavy atom. The molecular weight excluding hydrogens is 638 g/mol. The molecule has 4 rings (SSSR count). The second-order valence-corrected chi connectivity index (χ2v) is 13.4. The Balaban J connectivity index is 1.85. The van der Waals surface area contributed by atoms with Crippen LogP contribution in [0.25, 0.3) is 0 Å². The Morgan fingerprint density at radius 1 is 0.830 bits per heavy atom. The van der Waals surface area contributed by atoms with Crippen LogP contribution >= 0.6 is 11.6 Å². The van der Waals surface area contributed by atoms with Crippen molar-refractivity contribution in [2.75, 3.05) is 31.6 Å². The number of carbonyl (C=O) groups is 2. The first-order valence-corrected chi connectivity index (χ1v) is 17.0. The number of likely N-dealkylation sites (N-methyl/N-ethyl adjacent to an activating group) is 1. The standard InChI is InChI=1S/C36H40ClN3O6S/c1-6-38-36(42)32(21-27-11-8-7-9-12-27)39(23-28-13-10-14-29(37)20-28)35(41)24-40(30-18-25(2)17-26(3)19-30)47(43,44)31-15-16-33(45-4)34(22-31)46-5/h7-20,22,32H,6,21,23-24H2,1-5H3,(H,38,42). The van der Waals surface area contributed by atoms with Crippen molar-refractivity contribution in [2.24, 2.45) is 0 Å². The van der Waals surface area contributed by atoms with Gasteiger partial charge in [-0.3, -0.25) is 13.9 Å². The molecule has 0 heterocycles. The van der Waals surface area contributed by atoms with E-state index in [0.29, 0.717) is 28.6 Å². The van der Waals surface area contributed by atoms with Crippen molar-refractivity contribution >= 4 is 39.1 Å². The van der Waals surface area contributed by atoms with E-state index in [9.17, 15) is 18.0 Å². The zero-order valence-corrected chi connectivity index (χ0v) is 28.8. The van der Waals surface area contributed by atoms with Crippen LogP contribution < -0.4 is 19.1 Å². The lowest BCUT2D eigenvalue weighted by molar-refractivity contribution is -0.140. The summed E-state index contributed by atoms with van der Waals surface area (Å²) >= 11 is 6.31. The summed E-state index contributed by atoms with van der Waals surface area (Å²) in [6.07, 6.45) is 0.213. The van der Waals surface area contributed by atoms with Crippen molar-refractivity contribution in [2.45, 2.75) is 44.7 Å². The number of sulfonamides is 1. The summed E-state index contributed by atoms with van der Waals surface area (Å²) in [5, 5.41) is 3.33. The summed E-state index contributed by atoms with van der Waals surface area (Å²) in [6.45, 7) is 5.31. The number of carbonyl (C=O) groups excluding carboxylic acids is 2. The van der Waals surface area contributed by atoms with Gasteiger partial charge in [0.05, 0.1) is 24.8 Å². The van der Waals surface area contributed by atoms with Crippen molar-refractivity contribution in [3.05, 3.63) is 118 Å². The lowest BCUT2D eigenvalue weighted by atomic mass is 10.0. The number of nitrogens with one attached hydrogen (secondary N) is 1. The van der Waals surface area contributed by atoms with E-state index in [1.165, 1.54) is 37.3 Å². The maximum atomic E-state index is 14.6.